The molecule has 19 N–H and O–H groups in total. The highest BCUT2D eigenvalue weighted by Crippen LogP contribution is 2.29. The number of unbranched alkanes of at least 4 members (excludes halogenated alkanes) is 1. The molecule has 726 valence electrons. The van der Waals surface area contributed by atoms with Gasteiger partial charge in [-0.2, -0.15) is 0 Å². The van der Waals surface area contributed by atoms with Crippen LogP contribution in [0.5, 0.6) is 5.75 Å². The number of nitrogens with two attached hydrogens (primary N) is 2. The van der Waals surface area contributed by atoms with Gasteiger partial charge in [0.15, 0.2) is 17.5 Å². The number of para-hydroxylation sites is 1. The highest BCUT2D eigenvalue weighted by molar-refractivity contribution is 8.00. The standard InChI is InChI=1S/C91H112F3N17O23S/c1-7-8-23-67-90(133)111-44-55(114)38-70(111)86(129)103-63(40-76(120)121)83(126)106-78(47(2)3)91(134)108(5)68(34-48-17-11-9-12-18-48)84(127)104-65(39-72(95)115)88(131)110-43-54(113)37-69(110)85(128)102-62(36-52-41-97-59-22-16-15-21-56(52)59)82(125)101-61(32-50-24-26-53(112)27-25-50)81(124)100-60(28-29-75(118)119)80(123)105-66(79(122)98-42-73(96)116)45-135-46-74(117)99-64(33-51-30-57(92)77(94)58(93)31-51)87(130)109(6)71(89(132)107(67)4)35-49-19-13-10-14-20-49/h9-22,24-27,30-31,41,47,54-55,60-71,78,97,112-114H,7-8,23,28-29,32-40,42-46H2,1-6H3,(H2,95,115)(H2,96,116)(H,98,122)(H,99,117)(H,100,124)(H,101,125)(H,102,128)(H,103,129)(H,104,127)(H,105,123)(H,106,126)(H,118,119)(H,120,121)/t54-,55-,60+,61+,62+,63+,64+,65+,66+,67+,68+,69+,70-,71+,78+/m1/s1. The van der Waals surface area contributed by atoms with Crippen molar-refractivity contribution in [2.75, 3.05) is 52.3 Å². The average Bonchev–Trinajstić information content (AvgIpc) is 1.69. The maximum Gasteiger partial charge on any atom is 0.305 e. The van der Waals surface area contributed by atoms with Gasteiger partial charge >= 0.3 is 11.9 Å². The van der Waals surface area contributed by atoms with Gasteiger partial charge in [0.25, 0.3) is 0 Å². The number of benzene rings is 5. The lowest BCUT2D eigenvalue weighted by molar-refractivity contribution is -0.152. The zero-order valence-electron chi connectivity index (χ0n) is 74.8. The summed E-state index contributed by atoms with van der Waals surface area (Å²) in [5.41, 5.74) is 12.6. The lowest BCUT2D eigenvalue weighted by atomic mass is 9.98. The summed E-state index contributed by atoms with van der Waals surface area (Å²) < 4.78 is 45.1. The molecule has 1 aromatic heterocycles. The number of carboxylic acids is 2. The van der Waals surface area contributed by atoms with Crippen molar-refractivity contribution in [3.63, 3.8) is 0 Å². The van der Waals surface area contributed by atoms with Crippen LogP contribution < -0.4 is 59.3 Å². The third kappa shape index (κ3) is 29.0. The summed E-state index contributed by atoms with van der Waals surface area (Å²) in [5.74, 6) is -29.7. The molecule has 135 heavy (non-hydrogen) atoms. The molecule has 16 amide bonds. The molecule has 0 unspecified atom stereocenters. The Bertz CT molecular complexity index is 5330. The lowest BCUT2D eigenvalue weighted by Gasteiger charge is -2.38. The molecule has 0 spiro atoms. The molecule has 6 aromatic rings. The van der Waals surface area contributed by atoms with Crippen molar-refractivity contribution < 1.29 is 125 Å². The number of hydrogen-bond donors (Lipinski definition) is 17. The van der Waals surface area contributed by atoms with Crippen molar-refractivity contribution in [3.05, 3.63) is 173 Å². The molecule has 40 nitrogen and oxygen atoms in total. The van der Waals surface area contributed by atoms with Crippen LogP contribution in [0.15, 0.2) is 128 Å². The zero-order chi connectivity index (χ0) is 98.9. The number of primary amides is 2. The van der Waals surface area contributed by atoms with Gasteiger partial charge in [0.05, 0.1) is 37.3 Å². The van der Waals surface area contributed by atoms with Crippen molar-refractivity contribution in [1.29, 1.82) is 0 Å². The van der Waals surface area contributed by atoms with Crippen LogP contribution in [0.4, 0.5) is 13.2 Å². The maximum absolute atomic E-state index is 15.7. The van der Waals surface area contributed by atoms with Crippen LogP contribution in [0.25, 0.3) is 10.9 Å². The third-order valence-electron chi connectivity index (χ3n) is 23.4. The molecule has 3 fully saturated rings. The molecule has 4 heterocycles. The number of carbonyl (C=O) groups is 18. The fourth-order valence-electron chi connectivity index (χ4n) is 16.2. The number of phenols is 1. The Balaban J connectivity index is 1.15. The molecular weight excluding hydrogens is 1790 g/mol. The minimum Gasteiger partial charge on any atom is -0.508 e. The van der Waals surface area contributed by atoms with Crippen molar-refractivity contribution in [3.8, 4) is 5.75 Å². The van der Waals surface area contributed by atoms with Crippen molar-refractivity contribution in [2.24, 2.45) is 17.4 Å². The molecule has 0 aliphatic carbocycles. The normalized spacial score (nSPS) is 24.4. The van der Waals surface area contributed by atoms with Crippen LogP contribution in [0.2, 0.25) is 0 Å². The number of amides is 16. The molecule has 0 radical (unpaired) electrons. The number of aromatic hydroxyl groups is 1. The smallest absolute Gasteiger partial charge is 0.305 e. The van der Waals surface area contributed by atoms with E-state index >= 15 is 51.9 Å². The van der Waals surface area contributed by atoms with Crippen molar-refractivity contribution in [2.45, 2.75) is 201 Å². The molecule has 15 atom stereocenters. The third-order valence-corrected chi connectivity index (χ3v) is 24.4. The molecule has 9 rings (SSSR count). The van der Waals surface area contributed by atoms with Gasteiger partial charge in [-0.3, -0.25) is 86.3 Å². The Kier molecular flexibility index (Phi) is 37.7. The number of aromatic amines is 1. The first-order valence-electron chi connectivity index (χ1n) is 43.6. The van der Waals surface area contributed by atoms with Crippen molar-refractivity contribution in [1.82, 2.24) is 77.3 Å². The predicted molar refractivity (Wildman–Crippen MR) is 478 cm³/mol. The molecule has 3 aliphatic rings. The van der Waals surface area contributed by atoms with Gasteiger partial charge in [-0.1, -0.05) is 125 Å². The second-order valence-electron chi connectivity index (χ2n) is 33.8. The Morgan fingerprint density at radius 2 is 1.00 bits per heavy atom. The van der Waals surface area contributed by atoms with Crippen molar-refractivity contribution >= 4 is 129 Å². The molecule has 3 aliphatic heterocycles. The minimum absolute atomic E-state index is 0.169. The van der Waals surface area contributed by atoms with Gasteiger partial charge < -0.3 is 114 Å². The number of H-pyrrole nitrogens is 1. The molecule has 3 saturated heterocycles. The van der Waals surface area contributed by atoms with Gasteiger partial charge in [0, 0.05) is 108 Å². The number of rotatable bonds is 24. The minimum atomic E-state index is -2.09. The summed E-state index contributed by atoms with van der Waals surface area (Å²) in [6.07, 6.45) is -8.58. The summed E-state index contributed by atoms with van der Waals surface area (Å²) in [4.78, 5) is 270. The number of aliphatic hydroxyl groups is 2. The predicted octanol–water partition coefficient (Wildman–Crippen LogP) is -1.50. The molecule has 0 bridgehead atoms. The highest BCUT2D eigenvalue weighted by atomic mass is 32.2. The summed E-state index contributed by atoms with van der Waals surface area (Å²) in [6.45, 7) is 2.54. The van der Waals surface area contributed by atoms with Gasteiger partial charge in [-0.05, 0) is 76.9 Å². The SMILES string of the molecule is CCCC[C@H]1C(=O)N2C[C@H](O)C[C@@H]2C(=O)N[C@@H](CC(=O)O)C(=O)N[C@@H](C(C)C)C(=O)N(C)[C@@H](Cc2ccccc2)C(=O)N[C@@H](CC(N)=O)C(=O)N2C[C@H](O)C[C@H]2C(=O)N[C@@H](Cc2c[nH]c3ccccc23)C(=O)N[C@@H](Cc2ccc(O)cc2)C(=O)N[C@@H](CCC(=O)O)C(=O)N[C@H](C(=O)NCC(N)=O)CSCC(=O)N[C@@H](Cc2cc(F)c(F)c(F)c2)C(=O)N(C)[C@@H](Cc2ccccc2)C(=O)N1C. The average molecular weight is 1900 g/mol. The molecule has 44 heteroatoms. The first-order valence-corrected chi connectivity index (χ1v) is 44.8. The topological polar surface area (TPSA) is 601 Å². The molecule has 5 aromatic carbocycles. The Morgan fingerprint density at radius 3 is 1.57 bits per heavy atom. The number of aromatic nitrogens is 1. The first kappa shape index (κ1) is 105. The largest absolute Gasteiger partial charge is 0.508 e. The van der Waals surface area contributed by atoms with E-state index in [1.807, 2.05) is 0 Å². The van der Waals surface area contributed by atoms with E-state index in [-0.39, 0.29) is 37.0 Å². The number of nitrogens with zero attached hydrogens (tertiary/aromatic N) is 5. The summed E-state index contributed by atoms with van der Waals surface area (Å²) >= 11 is 0.552. The highest BCUT2D eigenvalue weighted by Gasteiger charge is 2.49. The van der Waals surface area contributed by atoms with E-state index in [1.54, 1.807) is 91.9 Å². The summed E-state index contributed by atoms with van der Waals surface area (Å²) in [6, 6.07) is 5.06. The van der Waals surface area contributed by atoms with Crippen LogP contribution >= 0.6 is 11.8 Å². The fraction of sp³-hybridized carbons (Fsp3) is 0.451. The fourth-order valence-corrected chi connectivity index (χ4v) is 17.0. The van der Waals surface area contributed by atoms with E-state index in [2.05, 4.69) is 52.8 Å². The molecule has 0 saturated carbocycles. The Morgan fingerprint density at radius 1 is 0.496 bits per heavy atom. The number of thioether (sulfide) groups is 1. The van der Waals surface area contributed by atoms with Gasteiger partial charge in [0.2, 0.25) is 94.5 Å². The summed E-state index contributed by atoms with van der Waals surface area (Å²) in [5, 5.41) is 76.2. The van der Waals surface area contributed by atoms with Crippen LogP contribution in [0.3, 0.4) is 0 Å². The van der Waals surface area contributed by atoms with Crippen LogP contribution in [-0.2, 0) is 118 Å². The Labute approximate surface area is 777 Å². The molecular formula is C91H112F3N17O23S. The number of carbonyl (C=O) groups excluding carboxylic acids is 16. The quantitative estimate of drug-likeness (QED) is 0.0307. The number of halogens is 3. The van der Waals surface area contributed by atoms with E-state index in [9.17, 15) is 73.1 Å². The van der Waals surface area contributed by atoms with Gasteiger partial charge in [0.1, 0.15) is 84.3 Å². The van der Waals surface area contributed by atoms with Crippen LogP contribution in [-0.4, -0.2) is 305 Å². The summed E-state index contributed by atoms with van der Waals surface area (Å²) in [7, 11) is 3.47. The monoisotopic (exact) mass is 1900 g/mol. The van der Waals surface area contributed by atoms with Gasteiger partial charge in [-0.25, -0.2) is 13.2 Å². The van der Waals surface area contributed by atoms with E-state index in [0.29, 0.717) is 57.9 Å². The van der Waals surface area contributed by atoms with Crippen LogP contribution in [0, 0.1) is 23.4 Å². The number of hydrogen-bond acceptors (Lipinski definition) is 22. The number of aliphatic carboxylic acids is 2. The van der Waals surface area contributed by atoms with E-state index in [4.69, 9.17) is 11.5 Å². The van der Waals surface area contributed by atoms with E-state index in [0.717, 1.165) is 38.6 Å². The second kappa shape index (κ2) is 48.6. The number of phenolic OH excluding ortho intramolecular Hbond substituents is 1. The number of likely N-dealkylation sites (N-methyl/N-ethyl adjacent to an activating group) is 3. The number of nitrogens with one attached hydrogen (secondary N) is 10. The number of aliphatic hydroxyl groups excluding tert-OH is 2. The second-order valence-corrected chi connectivity index (χ2v) is 34.9. The van der Waals surface area contributed by atoms with Gasteiger partial charge in [-0.15, -0.1) is 11.8 Å². The number of carboxylic acid groups (broad SMARTS) is 2. The number of fused-ring (bicyclic) bond motifs is 3. The van der Waals surface area contributed by atoms with E-state index in [1.165, 1.54) is 51.4 Å². The maximum atomic E-state index is 15.7. The lowest BCUT2D eigenvalue weighted by Crippen LogP contribution is -2.62. The van der Waals surface area contributed by atoms with E-state index < -0.39 is 315 Å². The Hall–Kier alpha value is -14.0. The van der Waals surface area contributed by atoms with Crippen LogP contribution in [0.1, 0.15) is 106 Å². The zero-order valence-corrected chi connectivity index (χ0v) is 75.6. The first-order chi connectivity index (χ1) is 64.0.